The van der Waals surface area contributed by atoms with Gasteiger partial charge in [0, 0.05) is 6.20 Å². The highest BCUT2D eigenvalue weighted by Crippen LogP contribution is 2.60. The predicted octanol–water partition coefficient (Wildman–Crippen LogP) is 5.16. The van der Waals surface area contributed by atoms with Crippen molar-refractivity contribution in [2.75, 3.05) is 13.7 Å². The summed E-state index contributed by atoms with van der Waals surface area (Å²) < 4.78 is 30.2. The van der Waals surface area contributed by atoms with Crippen LogP contribution < -0.4 is 9.26 Å². The van der Waals surface area contributed by atoms with Crippen LogP contribution in [0.3, 0.4) is 0 Å². The quantitative estimate of drug-likeness (QED) is 0.640. The topological polar surface area (TPSA) is 77.9 Å². The van der Waals surface area contributed by atoms with Crippen molar-refractivity contribution in [1.82, 2.24) is 4.98 Å². The van der Waals surface area contributed by atoms with Crippen LogP contribution in [0.1, 0.15) is 31.4 Å². The summed E-state index contributed by atoms with van der Waals surface area (Å²) in [6, 6.07) is 6.73. The van der Waals surface area contributed by atoms with Gasteiger partial charge in [0.05, 0.1) is 25.2 Å². The largest absolute Gasteiger partial charge is 0.504 e. The van der Waals surface area contributed by atoms with Gasteiger partial charge in [-0.2, -0.15) is 0 Å². The molecule has 1 unspecified atom stereocenters. The predicted molar refractivity (Wildman–Crippen MR) is 102 cm³/mol. The van der Waals surface area contributed by atoms with Crippen LogP contribution in [0.15, 0.2) is 42.7 Å². The molecule has 1 aromatic heterocycles. The zero-order valence-electron chi connectivity index (χ0n) is 15.4. The fourth-order valence-electron chi connectivity index (χ4n) is 2.49. The Bertz CT molecular complexity index is 820. The Morgan fingerprint density at radius 2 is 2.12 bits per heavy atom. The molecule has 0 aliphatic carbocycles. The number of allylic oxidation sites excluding steroid dienone is 1. The van der Waals surface area contributed by atoms with Crippen molar-refractivity contribution in [2.24, 2.45) is 0 Å². The summed E-state index contributed by atoms with van der Waals surface area (Å²) in [6.45, 7) is 5.65. The summed E-state index contributed by atoms with van der Waals surface area (Å²) in [6.07, 6.45) is 5.52. The molecule has 2 rings (SSSR count). The highest BCUT2D eigenvalue weighted by molar-refractivity contribution is 7.65. The second-order valence-corrected chi connectivity index (χ2v) is 7.45. The average molecular weight is 377 g/mol. The summed E-state index contributed by atoms with van der Waals surface area (Å²) in [5.41, 5.74) is 1.21. The number of ether oxygens (including phenoxy) is 1. The summed E-state index contributed by atoms with van der Waals surface area (Å²) in [4.78, 5) is 3.99. The Morgan fingerprint density at radius 3 is 2.69 bits per heavy atom. The molecule has 140 valence electrons. The molecule has 0 spiro atoms. The van der Waals surface area contributed by atoms with E-state index in [1.165, 1.54) is 13.3 Å². The van der Waals surface area contributed by atoms with E-state index < -0.39 is 7.60 Å². The summed E-state index contributed by atoms with van der Waals surface area (Å²) in [7, 11) is -2.20. The van der Waals surface area contributed by atoms with Gasteiger partial charge in [-0.1, -0.05) is 13.0 Å². The van der Waals surface area contributed by atoms with Crippen LogP contribution >= 0.6 is 7.60 Å². The third kappa shape index (κ3) is 4.45. The van der Waals surface area contributed by atoms with E-state index in [0.717, 1.165) is 0 Å². The van der Waals surface area contributed by atoms with Gasteiger partial charge < -0.3 is 14.4 Å². The smallest absolute Gasteiger partial charge is 0.411 e. The van der Waals surface area contributed by atoms with Gasteiger partial charge in [-0.25, -0.2) is 4.57 Å². The molecule has 0 aliphatic rings. The molecule has 0 saturated carbocycles. The van der Waals surface area contributed by atoms with Crippen LogP contribution in [-0.4, -0.2) is 23.8 Å². The van der Waals surface area contributed by atoms with Crippen molar-refractivity contribution in [3.63, 3.8) is 0 Å². The Kier molecular flexibility index (Phi) is 6.83. The summed E-state index contributed by atoms with van der Waals surface area (Å²) >= 11 is 0. The molecule has 7 heteroatoms. The molecule has 0 aliphatic heterocycles. The molecule has 26 heavy (non-hydrogen) atoms. The zero-order valence-corrected chi connectivity index (χ0v) is 16.3. The van der Waals surface area contributed by atoms with E-state index in [4.69, 9.17) is 13.8 Å². The van der Waals surface area contributed by atoms with Gasteiger partial charge in [-0.15, -0.1) is 0 Å². The van der Waals surface area contributed by atoms with Crippen molar-refractivity contribution in [1.29, 1.82) is 0 Å². The van der Waals surface area contributed by atoms with Crippen LogP contribution in [0.5, 0.6) is 17.2 Å². The molecule has 1 heterocycles. The van der Waals surface area contributed by atoms with E-state index >= 15 is 0 Å². The minimum Gasteiger partial charge on any atom is -0.504 e. The number of phenolic OH excluding ortho intramolecular Hbond substituents is 1. The van der Waals surface area contributed by atoms with E-state index in [9.17, 15) is 9.67 Å². The lowest BCUT2D eigenvalue weighted by Gasteiger charge is -2.22. The molecular formula is C19H24NO5P. The molecule has 1 atom stereocenters. The molecule has 6 nitrogen and oxygen atoms in total. The Balaban J connectivity index is 2.57. The number of pyridine rings is 1. The second-order valence-electron chi connectivity index (χ2n) is 5.54. The van der Waals surface area contributed by atoms with Crippen molar-refractivity contribution in [2.45, 2.75) is 27.2 Å². The lowest BCUT2D eigenvalue weighted by atomic mass is 10.1. The maximum absolute atomic E-state index is 13.6. The first-order valence-electron chi connectivity index (χ1n) is 8.38. The van der Waals surface area contributed by atoms with Crippen molar-refractivity contribution < 1.29 is 23.5 Å². The van der Waals surface area contributed by atoms with E-state index in [-0.39, 0.29) is 12.4 Å². The molecule has 0 bridgehead atoms. The van der Waals surface area contributed by atoms with Gasteiger partial charge in [0.25, 0.3) is 0 Å². The van der Waals surface area contributed by atoms with Crippen LogP contribution in [0.4, 0.5) is 0 Å². The van der Waals surface area contributed by atoms with Crippen molar-refractivity contribution in [3.05, 3.63) is 53.9 Å². The first-order chi connectivity index (χ1) is 12.4. The van der Waals surface area contributed by atoms with Crippen molar-refractivity contribution >= 4 is 12.9 Å². The number of aromatic hydroxyl groups is 1. The van der Waals surface area contributed by atoms with Gasteiger partial charge in [0.15, 0.2) is 11.5 Å². The van der Waals surface area contributed by atoms with Crippen LogP contribution in [0.25, 0.3) is 5.31 Å². The first-order valence-corrected chi connectivity index (χ1v) is 9.92. The summed E-state index contributed by atoms with van der Waals surface area (Å²) in [5, 5.41) is 10.5. The van der Waals surface area contributed by atoms with Gasteiger partial charge >= 0.3 is 7.60 Å². The normalized spacial score (nSPS) is 13.9. The van der Waals surface area contributed by atoms with E-state index in [1.807, 2.05) is 6.92 Å². The second kappa shape index (κ2) is 8.88. The Morgan fingerprint density at radius 1 is 1.35 bits per heavy atom. The van der Waals surface area contributed by atoms with E-state index in [1.54, 1.807) is 50.4 Å². The highest BCUT2D eigenvalue weighted by atomic mass is 31.2. The number of aryl methyl sites for hydroxylation is 1. The van der Waals surface area contributed by atoms with Crippen LogP contribution in [-0.2, 0) is 9.09 Å². The van der Waals surface area contributed by atoms with Gasteiger partial charge in [-0.05, 0) is 55.7 Å². The van der Waals surface area contributed by atoms with Gasteiger partial charge in [0.1, 0.15) is 5.75 Å². The van der Waals surface area contributed by atoms with Crippen molar-refractivity contribution in [3.8, 4) is 17.2 Å². The molecule has 1 aromatic carbocycles. The maximum atomic E-state index is 13.6. The standard InChI is InChI=1S/C19H24NO5P/c1-5-8-18(15-11-14(3)19(21)17(12-15)23-4)26(22,24-6-2)25-16-9-7-10-20-13-16/h7-13,21H,5-6H2,1-4H3/b18-8+. The number of hydrogen-bond acceptors (Lipinski definition) is 6. The highest BCUT2D eigenvalue weighted by Gasteiger charge is 2.33. The molecule has 0 fully saturated rings. The number of aromatic nitrogens is 1. The van der Waals surface area contributed by atoms with E-state index in [0.29, 0.717) is 34.4 Å². The Hall–Kier alpha value is -2.30. The summed E-state index contributed by atoms with van der Waals surface area (Å²) in [5.74, 6) is 0.701. The zero-order chi connectivity index (χ0) is 19.2. The molecule has 0 saturated heterocycles. The Labute approximate surface area is 154 Å². The van der Waals surface area contributed by atoms with E-state index in [2.05, 4.69) is 4.98 Å². The average Bonchev–Trinajstić information content (AvgIpc) is 2.63. The lowest BCUT2D eigenvalue weighted by molar-refractivity contribution is 0.289. The van der Waals surface area contributed by atoms with Gasteiger partial charge in [-0.3, -0.25) is 9.51 Å². The third-order valence-corrected chi connectivity index (χ3v) is 5.71. The minimum atomic E-state index is -3.67. The molecule has 2 aromatic rings. The molecule has 1 N–H and O–H groups in total. The van der Waals surface area contributed by atoms with Gasteiger partial charge in [0.2, 0.25) is 0 Å². The number of phenols is 1. The minimum absolute atomic E-state index is 0.0477. The third-order valence-electron chi connectivity index (χ3n) is 3.63. The maximum Gasteiger partial charge on any atom is 0.411 e. The van der Waals surface area contributed by atoms with Crippen LogP contribution in [0, 0.1) is 6.92 Å². The molecular weight excluding hydrogens is 353 g/mol. The first kappa shape index (κ1) is 20.0. The fourth-order valence-corrected chi connectivity index (χ4v) is 4.35. The van der Waals surface area contributed by atoms with Crippen LogP contribution in [0.2, 0.25) is 0 Å². The molecule has 0 amide bonds. The fraction of sp³-hybridized carbons (Fsp3) is 0.316. The SMILES string of the molecule is CC/C=C(\c1cc(C)c(O)c(OC)c1)P(=O)(OCC)Oc1cccnc1. The number of benzene rings is 1. The number of nitrogens with zero attached hydrogens (tertiary/aromatic N) is 1. The number of hydrogen-bond donors (Lipinski definition) is 1. The number of rotatable bonds is 8. The number of methoxy groups -OCH3 is 1. The lowest BCUT2D eigenvalue weighted by Crippen LogP contribution is -2.02. The molecule has 0 radical (unpaired) electrons. The monoisotopic (exact) mass is 377 g/mol.